The number of nitrogens with one attached hydrogen (secondary N) is 2. The highest BCUT2D eigenvalue weighted by molar-refractivity contribution is 6.31. The highest BCUT2D eigenvalue weighted by Crippen LogP contribution is 2.25. The number of H-pyrrole nitrogens is 2. The van der Waals surface area contributed by atoms with Gasteiger partial charge in [0.25, 0.3) is 5.91 Å². The molecule has 0 bridgehead atoms. The lowest BCUT2D eigenvalue weighted by Crippen LogP contribution is -2.14. The number of nitrogens with zero attached hydrogens (tertiary/aromatic N) is 1. The molecular formula is C24H25N3O4. The van der Waals surface area contributed by atoms with Crippen LogP contribution >= 0.6 is 0 Å². The van der Waals surface area contributed by atoms with Crippen LogP contribution < -0.4 is 10.7 Å². The van der Waals surface area contributed by atoms with E-state index < -0.39 is 5.97 Å². The number of allylic oxidation sites excluding steroid dienone is 1. The van der Waals surface area contributed by atoms with E-state index in [-0.39, 0.29) is 24.6 Å². The molecule has 3 heterocycles. The molecule has 0 saturated heterocycles. The SMILES string of the molecule is C=CC1=C(C)C(/C=c2\[nH]/c(=C\c3[nH]c(O)c(CCC(=O)O)c3C)c(C)c2C=C)=NC1=O. The van der Waals surface area contributed by atoms with Crippen LogP contribution in [0.5, 0.6) is 5.88 Å². The van der Waals surface area contributed by atoms with Gasteiger partial charge in [-0.05, 0) is 56.0 Å². The lowest BCUT2D eigenvalue weighted by Gasteiger charge is -1.98. The monoisotopic (exact) mass is 419 g/mol. The summed E-state index contributed by atoms with van der Waals surface area (Å²) in [6.45, 7) is 13.2. The van der Waals surface area contributed by atoms with Gasteiger partial charge in [-0.3, -0.25) is 9.59 Å². The molecule has 0 saturated carbocycles. The average Bonchev–Trinajstić information content (AvgIpc) is 3.25. The Balaban J connectivity index is 2.11. The Labute approximate surface area is 179 Å². The molecule has 2 aromatic heterocycles. The van der Waals surface area contributed by atoms with E-state index in [0.29, 0.717) is 22.5 Å². The second-order valence-electron chi connectivity index (χ2n) is 7.41. The van der Waals surface area contributed by atoms with Crippen molar-refractivity contribution in [2.45, 2.75) is 33.6 Å². The number of hydrogen-bond donors (Lipinski definition) is 4. The number of aromatic nitrogens is 2. The Kier molecular flexibility index (Phi) is 5.97. The zero-order chi connectivity index (χ0) is 22.9. The Morgan fingerprint density at radius 2 is 1.77 bits per heavy atom. The molecule has 4 N–H and O–H groups in total. The van der Waals surface area contributed by atoms with Crippen LogP contribution in [-0.4, -0.2) is 37.8 Å². The number of carbonyl (C=O) groups is 2. The van der Waals surface area contributed by atoms with E-state index in [0.717, 1.165) is 33.0 Å². The number of amides is 1. The van der Waals surface area contributed by atoms with Gasteiger partial charge in [0.2, 0.25) is 0 Å². The third-order valence-corrected chi connectivity index (χ3v) is 5.57. The maximum Gasteiger partial charge on any atom is 0.303 e. The number of aromatic hydroxyl groups is 1. The minimum absolute atomic E-state index is 0.0264. The summed E-state index contributed by atoms with van der Waals surface area (Å²) in [5.74, 6) is -1.25. The van der Waals surface area contributed by atoms with Gasteiger partial charge in [0.1, 0.15) is 0 Å². The molecule has 0 spiro atoms. The fraction of sp³-hybridized carbons (Fsp3) is 0.208. The first-order valence-electron chi connectivity index (χ1n) is 9.81. The molecule has 31 heavy (non-hydrogen) atoms. The molecule has 7 nitrogen and oxygen atoms in total. The van der Waals surface area contributed by atoms with Gasteiger partial charge < -0.3 is 20.2 Å². The molecule has 1 amide bonds. The van der Waals surface area contributed by atoms with Crippen molar-refractivity contribution >= 4 is 35.8 Å². The zero-order valence-corrected chi connectivity index (χ0v) is 17.8. The molecule has 1 aliphatic heterocycles. The summed E-state index contributed by atoms with van der Waals surface area (Å²) in [5.41, 5.74) is 5.71. The van der Waals surface area contributed by atoms with Gasteiger partial charge in [0.15, 0.2) is 5.88 Å². The van der Waals surface area contributed by atoms with Gasteiger partial charge in [-0.1, -0.05) is 25.3 Å². The second-order valence-corrected chi connectivity index (χ2v) is 7.41. The van der Waals surface area contributed by atoms with Crippen molar-refractivity contribution in [2.75, 3.05) is 0 Å². The summed E-state index contributed by atoms with van der Waals surface area (Å²) in [5, 5.41) is 20.7. The quantitative estimate of drug-likeness (QED) is 0.551. The molecule has 160 valence electrons. The Bertz CT molecular complexity index is 1300. The third-order valence-electron chi connectivity index (χ3n) is 5.57. The maximum atomic E-state index is 12.0. The fourth-order valence-corrected chi connectivity index (χ4v) is 3.71. The Morgan fingerprint density at radius 3 is 2.35 bits per heavy atom. The molecule has 1 aliphatic rings. The van der Waals surface area contributed by atoms with Crippen LogP contribution in [0.3, 0.4) is 0 Å². The lowest BCUT2D eigenvalue weighted by molar-refractivity contribution is -0.137. The van der Waals surface area contributed by atoms with E-state index in [1.54, 1.807) is 6.08 Å². The largest absolute Gasteiger partial charge is 0.494 e. The van der Waals surface area contributed by atoms with Gasteiger partial charge >= 0.3 is 5.97 Å². The van der Waals surface area contributed by atoms with Crippen LogP contribution in [-0.2, 0) is 16.0 Å². The molecule has 0 unspecified atom stereocenters. The van der Waals surface area contributed by atoms with Crippen molar-refractivity contribution < 1.29 is 19.8 Å². The Morgan fingerprint density at radius 1 is 1.06 bits per heavy atom. The highest BCUT2D eigenvalue weighted by Gasteiger charge is 2.20. The molecule has 0 aromatic carbocycles. The topological polar surface area (TPSA) is 119 Å². The standard InChI is InChI=1S/C24H25N3O4/c1-6-15-12(3)18(10-19-14(5)17(24(31)27-19)8-9-22(28)29)25-21(15)11-20-13(4)16(7-2)23(30)26-20/h6-7,10-11,25,27,31H,1-2,8-9H2,3-5H3,(H,28,29)/b18-10-,21-11-. The van der Waals surface area contributed by atoms with Crippen LogP contribution in [0.1, 0.15) is 41.3 Å². The van der Waals surface area contributed by atoms with Crippen molar-refractivity contribution in [1.29, 1.82) is 0 Å². The fourth-order valence-electron chi connectivity index (χ4n) is 3.71. The number of rotatable bonds is 7. The van der Waals surface area contributed by atoms with Crippen LogP contribution in [0.15, 0.2) is 35.4 Å². The molecule has 0 fully saturated rings. The Hall–Kier alpha value is -3.87. The van der Waals surface area contributed by atoms with Gasteiger partial charge in [-0.25, -0.2) is 4.99 Å². The first-order valence-corrected chi connectivity index (χ1v) is 9.81. The van der Waals surface area contributed by atoms with Crippen LogP contribution in [0.25, 0.3) is 18.2 Å². The van der Waals surface area contributed by atoms with E-state index in [4.69, 9.17) is 5.11 Å². The number of aliphatic imine (C=N–C) groups is 1. The van der Waals surface area contributed by atoms with E-state index in [9.17, 15) is 14.7 Å². The summed E-state index contributed by atoms with van der Waals surface area (Å²) in [7, 11) is 0. The maximum absolute atomic E-state index is 12.0. The van der Waals surface area contributed by atoms with Crippen molar-refractivity contribution in [3.8, 4) is 5.88 Å². The second kappa shape index (κ2) is 8.47. The van der Waals surface area contributed by atoms with Gasteiger partial charge in [-0.2, -0.15) is 0 Å². The summed E-state index contributed by atoms with van der Waals surface area (Å²) in [6.07, 6.45) is 7.09. The molecule has 0 aliphatic carbocycles. The van der Waals surface area contributed by atoms with E-state index in [2.05, 4.69) is 28.1 Å². The van der Waals surface area contributed by atoms with E-state index in [1.165, 1.54) is 6.08 Å². The van der Waals surface area contributed by atoms with E-state index in [1.807, 2.05) is 32.9 Å². The summed E-state index contributed by atoms with van der Waals surface area (Å²) in [4.78, 5) is 33.3. The van der Waals surface area contributed by atoms with Crippen LogP contribution in [0.2, 0.25) is 0 Å². The number of aliphatic carboxylic acids is 1. The molecular weight excluding hydrogens is 394 g/mol. The first kappa shape index (κ1) is 21.8. The van der Waals surface area contributed by atoms with Crippen molar-refractivity contribution in [1.82, 2.24) is 9.97 Å². The lowest BCUT2D eigenvalue weighted by atomic mass is 10.1. The average molecular weight is 419 g/mol. The van der Waals surface area contributed by atoms with Gasteiger partial charge in [-0.15, -0.1) is 0 Å². The number of hydrogen-bond acceptors (Lipinski definition) is 3. The summed E-state index contributed by atoms with van der Waals surface area (Å²) in [6, 6.07) is 0. The molecule has 3 rings (SSSR count). The molecule has 2 aromatic rings. The molecule has 0 radical (unpaired) electrons. The molecule has 0 atom stereocenters. The smallest absolute Gasteiger partial charge is 0.303 e. The number of carboxylic acids is 1. The first-order chi connectivity index (χ1) is 14.7. The normalized spacial score (nSPS) is 15.1. The number of carboxylic acid groups (broad SMARTS) is 1. The van der Waals surface area contributed by atoms with Gasteiger partial charge in [0.05, 0.1) is 5.71 Å². The minimum atomic E-state index is -0.918. The predicted octanol–water partition coefficient (Wildman–Crippen LogP) is 2.42. The van der Waals surface area contributed by atoms with Crippen LogP contribution in [0.4, 0.5) is 0 Å². The van der Waals surface area contributed by atoms with Gasteiger partial charge in [0, 0.05) is 39.5 Å². The summed E-state index contributed by atoms with van der Waals surface area (Å²) >= 11 is 0. The van der Waals surface area contributed by atoms with Crippen LogP contribution in [0, 0.1) is 13.8 Å². The number of carbonyl (C=O) groups excluding carboxylic acids is 1. The molecule has 7 heteroatoms. The van der Waals surface area contributed by atoms with Crippen molar-refractivity contribution in [3.05, 3.63) is 69.0 Å². The zero-order valence-electron chi connectivity index (χ0n) is 17.8. The highest BCUT2D eigenvalue weighted by atomic mass is 16.4. The van der Waals surface area contributed by atoms with E-state index >= 15 is 0 Å². The van der Waals surface area contributed by atoms with Crippen molar-refractivity contribution in [2.24, 2.45) is 4.99 Å². The minimum Gasteiger partial charge on any atom is -0.494 e. The van der Waals surface area contributed by atoms with Crippen molar-refractivity contribution in [3.63, 3.8) is 0 Å². The summed E-state index contributed by atoms with van der Waals surface area (Å²) < 4.78 is 0. The number of aromatic amines is 2. The third kappa shape index (κ3) is 4.07. The predicted molar refractivity (Wildman–Crippen MR) is 121 cm³/mol.